The van der Waals surface area contributed by atoms with Gasteiger partial charge < -0.3 is 4.74 Å². The Morgan fingerprint density at radius 2 is 2.00 bits per heavy atom. The molecule has 19 heavy (non-hydrogen) atoms. The standard InChI is InChI=1S/C17H22O2/c18-16(12-13-6-2-1-3-7-13)15-10-4-8-14-9-5-11-19-17(14)15/h4,8,10,13H,1-3,5-7,9,11-12H2. The van der Waals surface area contributed by atoms with E-state index in [2.05, 4.69) is 6.07 Å². The van der Waals surface area contributed by atoms with Crippen LogP contribution in [0, 0.1) is 5.92 Å². The normalized spacial score (nSPS) is 19.6. The number of carbonyl (C=O) groups is 1. The minimum Gasteiger partial charge on any atom is -0.493 e. The first-order valence-corrected chi connectivity index (χ1v) is 7.62. The highest BCUT2D eigenvalue weighted by Gasteiger charge is 2.22. The predicted octanol–water partition coefficient (Wildman–Crippen LogP) is 4.16. The molecule has 1 aromatic rings. The first-order chi connectivity index (χ1) is 9.34. The van der Waals surface area contributed by atoms with Crippen molar-refractivity contribution < 1.29 is 9.53 Å². The van der Waals surface area contributed by atoms with Crippen LogP contribution in [-0.2, 0) is 6.42 Å². The Hall–Kier alpha value is -1.31. The topological polar surface area (TPSA) is 26.3 Å². The zero-order valence-electron chi connectivity index (χ0n) is 11.5. The minimum absolute atomic E-state index is 0.283. The second-order valence-electron chi connectivity index (χ2n) is 5.88. The Bertz CT molecular complexity index is 458. The summed E-state index contributed by atoms with van der Waals surface area (Å²) in [5.74, 6) is 1.75. The van der Waals surface area contributed by atoms with E-state index in [4.69, 9.17) is 4.74 Å². The monoisotopic (exact) mass is 258 g/mol. The Morgan fingerprint density at radius 3 is 2.84 bits per heavy atom. The van der Waals surface area contributed by atoms with Gasteiger partial charge in [-0.25, -0.2) is 0 Å². The van der Waals surface area contributed by atoms with Gasteiger partial charge in [0.1, 0.15) is 5.75 Å². The SMILES string of the molecule is O=C(CC1CCCCC1)c1cccc2c1OCCC2. The van der Waals surface area contributed by atoms with Gasteiger partial charge in [-0.05, 0) is 30.4 Å². The highest BCUT2D eigenvalue weighted by atomic mass is 16.5. The van der Waals surface area contributed by atoms with Crippen LogP contribution in [0.15, 0.2) is 18.2 Å². The van der Waals surface area contributed by atoms with Crippen LogP contribution in [0.2, 0.25) is 0 Å². The van der Waals surface area contributed by atoms with E-state index in [1.807, 2.05) is 12.1 Å². The van der Waals surface area contributed by atoms with Crippen LogP contribution < -0.4 is 4.74 Å². The number of fused-ring (bicyclic) bond motifs is 1. The van der Waals surface area contributed by atoms with Crippen LogP contribution in [0.3, 0.4) is 0 Å². The molecule has 0 amide bonds. The van der Waals surface area contributed by atoms with Crippen LogP contribution in [0.25, 0.3) is 0 Å². The third kappa shape index (κ3) is 2.83. The van der Waals surface area contributed by atoms with Gasteiger partial charge in [0.25, 0.3) is 0 Å². The summed E-state index contributed by atoms with van der Waals surface area (Å²) in [6.45, 7) is 0.751. The molecule has 0 unspecified atom stereocenters. The Kier molecular flexibility index (Phi) is 3.86. The summed E-state index contributed by atoms with van der Waals surface area (Å²) in [5.41, 5.74) is 2.03. The lowest BCUT2D eigenvalue weighted by atomic mass is 9.84. The van der Waals surface area contributed by atoms with Gasteiger partial charge in [-0.15, -0.1) is 0 Å². The average molecular weight is 258 g/mol. The van der Waals surface area contributed by atoms with Gasteiger partial charge >= 0.3 is 0 Å². The molecule has 0 bridgehead atoms. The molecule has 1 heterocycles. The molecule has 0 saturated heterocycles. The summed E-state index contributed by atoms with van der Waals surface area (Å²) in [4.78, 5) is 12.5. The molecule has 2 nitrogen and oxygen atoms in total. The van der Waals surface area contributed by atoms with Gasteiger partial charge in [0.05, 0.1) is 12.2 Å². The Morgan fingerprint density at radius 1 is 1.16 bits per heavy atom. The molecule has 1 fully saturated rings. The largest absolute Gasteiger partial charge is 0.493 e. The molecule has 0 atom stereocenters. The molecule has 1 aromatic carbocycles. The molecule has 2 aliphatic rings. The van der Waals surface area contributed by atoms with Crippen molar-refractivity contribution in [2.24, 2.45) is 5.92 Å². The van der Waals surface area contributed by atoms with E-state index in [0.29, 0.717) is 12.3 Å². The molecule has 0 spiro atoms. The van der Waals surface area contributed by atoms with Gasteiger partial charge in [0.15, 0.2) is 5.78 Å². The lowest BCUT2D eigenvalue weighted by Gasteiger charge is -2.23. The summed E-state index contributed by atoms with van der Waals surface area (Å²) in [6, 6.07) is 6.03. The summed E-state index contributed by atoms with van der Waals surface area (Å²) in [5, 5.41) is 0. The number of carbonyl (C=O) groups excluding carboxylic acids is 1. The molecule has 1 saturated carbocycles. The Balaban J connectivity index is 1.75. The maximum absolute atomic E-state index is 12.5. The van der Waals surface area contributed by atoms with Gasteiger partial charge in [0, 0.05) is 6.42 Å². The van der Waals surface area contributed by atoms with Crippen LogP contribution in [0.1, 0.15) is 60.9 Å². The van der Waals surface area contributed by atoms with Crippen LogP contribution in [-0.4, -0.2) is 12.4 Å². The first-order valence-electron chi connectivity index (χ1n) is 7.62. The van der Waals surface area contributed by atoms with E-state index >= 15 is 0 Å². The number of hydrogen-bond acceptors (Lipinski definition) is 2. The zero-order chi connectivity index (χ0) is 13.1. The fourth-order valence-electron chi connectivity index (χ4n) is 3.37. The molecule has 2 heteroatoms. The summed E-state index contributed by atoms with van der Waals surface area (Å²) >= 11 is 0. The summed E-state index contributed by atoms with van der Waals surface area (Å²) < 4.78 is 5.74. The highest BCUT2D eigenvalue weighted by Crippen LogP contribution is 2.32. The molecule has 0 aromatic heterocycles. The number of aryl methyl sites for hydroxylation is 1. The van der Waals surface area contributed by atoms with Gasteiger partial charge in [0.2, 0.25) is 0 Å². The summed E-state index contributed by atoms with van der Waals surface area (Å²) in [7, 11) is 0. The predicted molar refractivity (Wildman–Crippen MR) is 75.8 cm³/mol. The number of ketones is 1. The van der Waals surface area contributed by atoms with Crippen molar-refractivity contribution in [3.8, 4) is 5.75 Å². The van der Waals surface area contributed by atoms with E-state index < -0.39 is 0 Å². The minimum atomic E-state index is 0.283. The van der Waals surface area contributed by atoms with Gasteiger partial charge in [-0.3, -0.25) is 4.79 Å². The fraction of sp³-hybridized carbons (Fsp3) is 0.588. The molecule has 102 valence electrons. The molecular weight excluding hydrogens is 236 g/mol. The van der Waals surface area contributed by atoms with Crippen LogP contribution >= 0.6 is 0 Å². The van der Waals surface area contributed by atoms with E-state index in [1.165, 1.54) is 37.7 Å². The van der Waals surface area contributed by atoms with Crippen LogP contribution in [0.4, 0.5) is 0 Å². The van der Waals surface area contributed by atoms with Crippen molar-refractivity contribution in [2.75, 3.05) is 6.61 Å². The van der Waals surface area contributed by atoms with Crippen molar-refractivity contribution >= 4 is 5.78 Å². The van der Waals surface area contributed by atoms with Crippen molar-refractivity contribution in [3.05, 3.63) is 29.3 Å². The number of Topliss-reactive ketones (excluding diaryl/α,β-unsaturated/α-hetero) is 1. The quantitative estimate of drug-likeness (QED) is 0.761. The number of benzene rings is 1. The average Bonchev–Trinajstić information content (AvgIpc) is 2.47. The maximum Gasteiger partial charge on any atom is 0.166 e. The molecule has 0 N–H and O–H groups in total. The molecule has 0 radical (unpaired) electrons. The van der Waals surface area contributed by atoms with Gasteiger partial charge in [-0.1, -0.05) is 44.2 Å². The number of hydrogen-bond donors (Lipinski definition) is 0. The second-order valence-corrected chi connectivity index (χ2v) is 5.88. The molecule has 1 aliphatic heterocycles. The van der Waals surface area contributed by atoms with Crippen LogP contribution in [0.5, 0.6) is 5.75 Å². The highest BCUT2D eigenvalue weighted by molar-refractivity contribution is 5.99. The van der Waals surface area contributed by atoms with Gasteiger partial charge in [-0.2, -0.15) is 0 Å². The summed E-state index contributed by atoms with van der Waals surface area (Å²) in [6.07, 6.45) is 9.19. The maximum atomic E-state index is 12.5. The van der Waals surface area contributed by atoms with E-state index in [-0.39, 0.29) is 5.78 Å². The molecular formula is C17H22O2. The number of para-hydroxylation sites is 1. The molecule has 3 rings (SSSR count). The second kappa shape index (κ2) is 5.77. The third-order valence-corrected chi connectivity index (χ3v) is 4.43. The number of rotatable bonds is 3. The fourth-order valence-corrected chi connectivity index (χ4v) is 3.37. The van der Waals surface area contributed by atoms with E-state index in [1.54, 1.807) is 0 Å². The zero-order valence-corrected chi connectivity index (χ0v) is 11.5. The molecule has 1 aliphatic carbocycles. The third-order valence-electron chi connectivity index (χ3n) is 4.43. The van der Waals surface area contributed by atoms with Crippen molar-refractivity contribution in [3.63, 3.8) is 0 Å². The number of ether oxygens (including phenoxy) is 1. The smallest absolute Gasteiger partial charge is 0.166 e. The lowest BCUT2D eigenvalue weighted by molar-refractivity contribution is 0.0945. The Labute approximate surface area is 115 Å². The van der Waals surface area contributed by atoms with E-state index in [0.717, 1.165) is 30.8 Å². The van der Waals surface area contributed by atoms with Crippen molar-refractivity contribution in [2.45, 2.75) is 51.4 Å². The lowest BCUT2D eigenvalue weighted by Crippen LogP contribution is -2.16. The van der Waals surface area contributed by atoms with Crippen molar-refractivity contribution in [1.82, 2.24) is 0 Å². The van der Waals surface area contributed by atoms with Crippen molar-refractivity contribution in [1.29, 1.82) is 0 Å². The van der Waals surface area contributed by atoms with E-state index in [9.17, 15) is 4.79 Å². The first kappa shape index (κ1) is 12.7.